The van der Waals surface area contributed by atoms with E-state index in [1.807, 2.05) is 60.7 Å². The molecule has 0 radical (unpaired) electrons. The quantitative estimate of drug-likeness (QED) is 0.500. The molecular weight excluding hydrogens is 396 g/mol. The van der Waals surface area contributed by atoms with Gasteiger partial charge in [-0.2, -0.15) is 9.61 Å². The summed E-state index contributed by atoms with van der Waals surface area (Å²) in [7, 11) is -3.06. The topological polar surface area (TPSA) is 77.2 Å². The predicted molar refractivity (Wildman–Crippen MR) is 109 cm³/mol. The van der Waals surface area contributed by atoms with Crippen LogP contribution in [0.2, 0.25) is 5.02 Å². The average Bonchev–Trinajstić information content (AvgIpc) is 3.05. The number of rotatable bonds is 5. The van der Waals surface area contributed by atoms with Crippen LogP contribution in [0.25, 0.3) is 16.9 Å². The minimum Gasteiger partial charge on any atom is -0.229 e. The summed E-state index contributed by atoms with van der Waals surface area (Å²) in [5, 5.41) is 13.8. The average molecular weight is 413 g/mol. The molecule has 0 amide bonds. The van der Waals surface area contributed by atoms with E-state index < -0.39 is 9.84 Å². The Bertz CT molecular complexity index is 1230. The van der Waals surface area contributed by atoms with Crippen LogP contribution in [0.4, 0.5) is 0 Å². The Labute approximate surface area is 167 Å². The van der Waals surface area contributed by atoms with Crippen molar-refractivity contribution < 1.29 is 8.42 Å². The van der Waals surface area contributed by atoms with Crippen LogP contribution in [0.3, 0.4) is 0 Å². The molecule has 28 heavy (non-hydrogen) atoms. The molecule has 142 valence electrons. The second-order valence-electron chi connectivity index (χ2n) is 6.68. The third-order valence-corrected chi connectivity index (χ3v) is 5.39. The monoisotopic (exact) mass is 412 g/mol. The number of halogens is 1. The molecule has 8 heteroatoms. The summed E-state index contributed by atoms with van der Waals surface area (Å²) < 4.78 is 24.6. The van der Waals surface area contributed by atoms with Gasteiger partial charge in [-0.15, -0.1) is 10.2 Å². The fourth-order valence-corrected chi connectivity index (χ4v) is 3.88. The van der Waals surface area contributed by atoms with Crippen LogP contribution < -0.4 is 0 Å². The summed E-state index contributed by atoms with van der Waals surface area (Å²) in [6.07, 6.45) is 1.81. The van der Waals surface area contributed by atoms with Crippen LogP contribution in [0.5, 0.6) is 0 Å². The first-order valence-electron chi connectivity index (χ1n) is 8.60. The lowest BCUT2D eigenvalue weighted by atomic mass is 10.1. The van der Waals surface area contributed by atoms with Crippen molar-refractivity contribution in [3.63, 3.8) is 0 Å². The molecule has 0 bridgehead atoms. The fraction of sp³-hybridized carbons (Fsp3) is 0.150. The van der Waals surface area contributed by atoms with E-state index >= 15 is 0 Å². The molecule has 0 saturated carbocycles. The minimum absolute atomic E-state index is 0.0242. The molecule has 4 aromatic rings. The van der Waals surface area contributed by atoms with E-state index in [1.165, 1.54) is 6.26 Å². The van der Waals surface area contributed by atoms with Gasteiger partial charge in [-0.1, -0.05) is 48.0 Å². The maximum Gasteiger partial charge on any atom is 0.177 e. The Kier molecular flexibility index (Phi) is 4.87. The Morgan fingerprint density at radius 2 is 1.57 bits per heavy atom. The van der Waals surface area contributed by atoms with E-state index in [0.717, 1.165) is 28.2 Å². The van der Waals surface area contributed by atoms with Gasteiger partial charge in [0.25, 0.3) is 0 Å². The Balaban J connectivity index is 1.64. The SMILES string of the molecule is CS(=O)(=O)Cc1ccc(-c2ccc3nnc(Cc4ccc(Cl)cc4)n3n2)cc1. The summed E-state index contributed by atoms with van der Waals surface area (Å²) >= 11 is 5.94. The smallest absolute Gasteiger partial charge is 0.177 e. The van der Waals surface area contributed by atoms with Crippen LogP contribution in [0, 0.1) is 0 Å². The standard InChI is InChI=1S/C20H17ClN4O2S/c1-28(26,27)13-15-2-6-16(7-3-15)18-10-11-19-22-23-20(25(19)24-18)12-14-4-8-17(21)9-5-14/h2-11H,12-13H2,1H3. The molecule has 4 rings (SSSR count). The summed E-state index contributed by atoms with van der Waals surface area (Å²) in [6.45, 7) is 0. The van der Waals surface area contributed by atoms with Crippen LogP contribution in [0.15, 0.2) is 60.7 Å². The van der Waals surface area contributed by atoms with Gasteiger partial charge in [-0.25, -0.2) is 8.42 Å². The Morgan fingerprint density at radius 1 is 0.893 bits per heavy atom. The lowest BCUT2D eigenvalue weighted by Crippen LogP contribution is -2.02. The van der Waals surface area contributed by atoms with Crippen molar-refractivity contribution in [2.24, 2.45) is 0 Å². The molecular formula is C20H17ClN4O2S. The van der Waals surface area contributed by atoms with Crippen molar-refractivity contribution in [3.8, 4) is 11.3 Å². The first-order chi connectivity index (χ1) is 13.4. The third kappa shape index (κ3) is 4.21. The zero-order valence-electron chi connectivity index (χ0n) is 15.1. The lowest BCUT2D eigenvalue weighted by molar-refractivity contribution is 0.601. The highest BCUT2D eigenvalue weighted by atomic mass is 35.5. The van der Waals surface area contributed by atoms with Crippen LogP contribution in [-0.2, 0) is 22.0 Å². The van der Waals surface area contributed by atoms with E-state index in [-0.39, 0.29) is 5.75 Å². The summed E-state index contributed by atoms with van der Waals surface area (Å²) in [6, 6.07) is 18.7. The summed E-state index contributed by atoms with van der Waals surface area (Å²) in [5.74, 6) is 0.754. The molecule has 0 atom stereocenters. The number of hydrogen-bond donors (Lipinski definition) is 0. The second kappa shape index (κ2) is 7.33. The van der Waals surface area contributed by atoms with Gasteiger partial charge in [0.2, 0.25) is 0 Å². The second-order valence-corrected chi connectivity index (χ2v) is 9.25. The maximum absolute atomic E-state index is 11.4. The van der Waals surface area contributed by atoms with Gasteiger partial charge in [-0.3, -0.25) is 0 Å². The Morgan fingerprint density at radius 3 is 2.25 bits per heavy atom. The van der Waals surface area contributed by atoms with Gasteiger partial charge in [0.15, 0.2) is 21.3 Å². The normalized spacial score (nSPS) is 11.8. The highest BCUT2D eigenvalue weighted by Gasteiger charge is 2.10. The highest BCUT2D eigenvalue weighted by Crippen LogP contribution is 2.20. The predicted octanol–water partition coefficient (Wildman–Crippen LogP) is 3.58. The molecule has 2 heterocycles. The first-order valence-corrected chi connectivity index (χ1v) is 11.0. The molecule has 0 saturated heterocycles. The number of benzene rings is 2. The molecule has 0 aliphatic rings. The van der Waals surface area contributed by atoms with Gasteiger partial charge >= 0.3 is 0 Å². The molecule has 0 aliphatic carbocycles. The van der Waals surface area contributed by atoms with E-state index in [1.54, 1.807) is 4.52 Å². The number of hydrogen-bond acceptors (Lipinski definition) is 5. The van der Waals surface area contributed by atoms with Gasteiger partial charge in [0.05, 0.1) is 11.4 Å². The van der Waals surface area contributed by atoms with E-state index in [0.29, 0.717) is 17.1 Å². The molecule has 0 aliphatic heterocycles. The fourth-order valence-electron chi connectivity index (χ4n) is 2.96. The number of nitrogens with zero attached hydrogens (tertiary/aromatic N) is 4. The number of fused-ring (bicyclic) bond motifs is 1. The van der Waals surface area contributed by atoms with Crippen molar-refractivity contribution >= 4 is 27.1 Å². The molecule has 2 aromatic carbocycles. The number of aromatic nitrogens is 4. The van der Waals surface area contributed by atoms with Crippen molar-refractivity contribution in [1.29, 1.82) is 0 Å². The minimum atomic E-state index is -3.06. The van der Waals surface area contributed by atoms with Crippen molar-refractivity contribution in [3.05, 3.63) is 82.6 Å². The Hall–Kier alpha value is -2.77. The number of sulfone groups is 1. The summed E-state index contributed by atoms with van der Waals surface area (Å²) in [4.78, 5) is 0. The van der Waals surface area contributed by atoms with Crippen molar-refractivity contribution in [2.45, 2.75) is 12.2 Å². The van der Waals surface area contributed by atoms with Crippen LogP contribution >= 0.6 is 11.6 Å². The first kappa shape index (κ1) is 18.6. The van der Waals surface area contributed by atoms with Crippen LogP contribution in [0.1, 0.15) is 17.0 Å². The molecule has 2 aromatic heterocycles. The zero-order valence-corrected chi connectivity index (χ0v) is 16.7. The van der Waals surface area contributed by atoms with E-state index in [9.17, 15) is 8.42 Å². The van der Waals surface area contributed by atoms with Gasteiger partial charge < -0.3 is 0 Å². The largest absolute Gasteiger partial charge is 0.229 e. The van der Waals surface area contributed by atoms with Gasteiger partial charge in [0, 0.05) is 23.3 Å². The molecule has 0 fully saturated rings. The zero-order chi connectivity index (χ0) is 19.7. The highest BCUT2D eigenvalue weighted by molar-refractivity contribution is 7.89. The van der Waals surface area contributed by atoms with Gasteiger partial charge in [-0.05, 0) is 35.4 Å². The van der Waals surface area contributed by atoms with Crippen molar-refractivity contribution in [1.82, 2.24) is 19.8 Å². The molecule has 0 unspecified atom stereocenters. The van der Waals surface area contributed by atoms with Crippen molar-refractivity contribution in [2.75, 3.05) is 6.26 Å². The summed E-state index contributed by atoms with van der Waals surface area (Å²) in [5.41, 5.74) is 4.14. The van der Waals surface area contributed by atoms with E-state index in [2.05, 4.69) is 15.3 Å². The van der Waals surface area contributed by atoms with Gasteiger partial charge in [0.1, 0.15) is 0 Å². The van der Waals surface area contributed by atoms with E-state index in [4.69, 9.17) is 11.6 Å². The maximum atomic E-state index is 11.4. The molecule has 6 nitrogen and oxygen atoms in total. The lowest BCUT2D eigenvalue weighted by Gasteiger charge is -2.05. The van der Waals surface area contributed by atoms with Crippen LogP contribution in [-0.4, -0.2) is 34.5 Å². The third-order valence-electron chi connectivity index (χ3n) is 4.28. The molecule has 0 N–H and O–H groups in total. The molecule has 0 spiro atoms.